The Morgan fingerprint density at radius 1 is 1.00 bits per heavy atom. The number of para-hydroxylation sites is 1. The molecule has 1 amide bonds. The summed E-state index contributed by atoms with van der Waals surface area (Å²) in [6.45, 7) is 1.98. The number of rotatable bonds is 2. The van der Waals surface area contributed by atoms with E-state index in [9.17, 15) is 4.79 Å². The van der Waals surface area contributed by atoms with E-state index in [0.717, 1.165) is 11.3 Å². The first kappa shape index (κ1) is 13.2. The summed E-state index contributed by atoms with van der Waals surface area (Å²) >= 11 is 5.13. The van der Waals surface area contributed by atoms with E-state index in [4.69, 9.17) is 12.2 Å². The Morgan fingerprint density at radius 3 is 2.32 bits per heavy atom. The average molecular weight is 270 g/mol. The highest BCUT2D eigenvalue weighted by atomic mass is 32.1. The Kier molecular flexibility index (Phi) is 4.26. The van der Waals surface area contributed by atoms with Gasteiger partial charge in [0.25, 0.3) is 5.91 Å². The van der Waals surface area contributed by atoms with Crippen LogP contribution in [0.15, 0.2) is 54.6 Å². The van der Waals surface area contributed by atoms with Gasteiger partial charge >= 0.3 is 0 Å². The first-order valence-electron chi connectivity index (χ1n) is 5.90. The lowest BCUT2D eigenvalue weighted by Gasteiger charge is -2.11. The molecule has 0 aliphatic carbocycles. The van der Waals surface area contributed by atoms with Gasteiger partial charge in [-0.3, -0.25) is 10.1 Å². The summed E-state index contributed by atoms with van der Waals surface area (Å²) < 4.78 is 0. The number of hydrogen-bond donors (Lipinski definition) is 2. The van der Waals surface area contributed by atoms with Gasteiger partial charge in [0.05, 0.1) is 0 Å². The molecule has 3 nitrogen and oxygen atoms in total. The monoisotopic (exact) mass is 270 g/mol. The third-order valence-electron chi connectivity index (χ3n) is 2.66. The molecule has 0 aliphatic heterocycles. The molecule has 0 aliphatic rings. The summed E-state index contributed by atoms with van der Waals surface area (Å²) in [6, 6.07) is 16.7. The molecule has 0 spiro atoms. The summed E-state index contributed by atoms with van der Waals surface area (Å²) in [4.78, 5) is 11.9. The number of carbonyl (C=O) groups is 1. The predicted octanol–water partition coefficient (Wildman–Crippen LogP) is 3.12. The molecule has 2 aromatic rings. The van der Waals surface area contributed by atoms with Gasteiger partial charge in [-0.25, -0.2) is 0 Å². The van der Waals surface area contributed by atoms with Crippen LogP contribution < -0.4 is 10.6 Å². The van der Waals surface area contributed by atoms with Crippen molar-refractivity contribution in [3.63, 3.8) is 0 Å². The van der Waals surface area contributed by atoms with E-state index in [2.05, 4.69) is 10.6 Å². The average Bonchev–Trinajstić information content (AvgIpc) is 2.42. The van der Waals surface area contributed by atoms with Gasteiger partial charge in [0.2, 0.25) is 0 Å². The molecule has 0 heterocycles. The Bertz CT molecular complexity index is 596. The molecule has 19 heavy (non-hydrogen) atoms. The number of thiocarbonyl (C=S) groups is 1. The summed E-state index contributed by atoms with van der Waals surface area (Å²) in [6.07, 6.45) is 0. The van der Waals surface area contributed by atoms with E-state index >= 15 is 0 Å². The largest absolute Gasteiger partial charge is 0.332 e. The number of hydrogen-bond acceptors (Lipinski definition) is 2. The van der Waals surface area contributed by atoms with Gasteiger partial charge in [-0.2, -0.15) is 0 Å². The molecule has 0 unspecified atom stereocenters. The summed E-state index contributed by atoms with van der Waals surface area (Å²) in [5.41, 5.74) is 2.54. The van der Waals surface area contributed by atoms with Crippen molar-refractivity contribution < 1.29 is 4.79 Å². The first-order valence-corrected chi connectivity index (χ1v) is 6.30. The van der Waals surface area contributed by atoms with E-state index in [-0.39, 0.29) is 5.91 Å². The van der Waals surface area contributed by atoms with Gasteiger partial charge in [-0.1, -0.05) is 36.4 Å². The van der Waals surface area contributed by atoms with E-state index in [1.165, 1.54) is 0 Å². The van der Waals surface area contributed by atoms with Gasteiger partial charge in [0.15, 0.2) is 5.11 Å². The summed E-state index contributed by atoms with van der Waals surface area (Å²) in [5, 5.41) is 5.96. The molecule has 0 bridgehead atoms. The Balaban J connectivity index is 1.99. The zero-order valence-corrected chi connectivity index (χ0v) is 11.3. The number of benzene rings is 2. The normalized spacial score (nSPS) is 9.74. The van der Waals surface area contributed by atoms with Gasteiger partial charge in [-0.05, 0) is 42.9 Å². The van der Waals surface area contributed by atoms with Crippen LogP contribution in [0.1, 0.15) is 15.9 Å². The van der Waals surface area contributed by atoms with Crippen LogP contribution in [0.4, 0.5) is 5.69 Å². The van der Waals surface area contributed by atoms with Crippen molar-refractivity contribution in [3.8, 4) is 0 Å². The topological polar surface area (TPSA) is 41.1 Å². The van der Waals surface area contributed by atoms with Crippen LogP contribution in [-0.4, -0.2) is 11.0 Å². The van der Waals surface area contributed by atoms with Gasteiger partial charge in [0, 0.05) is 11.3 Å². The van der Waals surface area contributed by atoms with Crippen molar-refractivity contribution in [1.29, 1.82) is 0 Å². The fourth-order valence-corrected chi connectivity index (χ4v) is 1.83. The minimum atomic E-state index is -0.216. The molecular formula is C15H14N2OS. The molecule has 4 heteroatoms. The number of nitrogens with one attached hydrogen (secondary N) is 2. The minimum absolute atomic E-state index is 0.216. The zero-order valence-electron chi connectivity index (χ0n) is 10.5. The van der Waals surface area contributed by atoms with Gasteiger partial charge < -0.3 is 5.32 Å². The second-order valence-electron chi connectivity index (χ2n) is 4.09. The van der Waals surface area contributed by atoms with E-state index in [1.54, 1.807) is 12.1 Å². The Morgan fingerprint density at radius 2 is 1.63 bits per heavy atom. The van der Waals surface area contributed by atoms with Crippen LogP contribution in [0.2, 0.25) is 0 Å². The third kappa shape index (κ3) is 3.63. The van der Waals surface area contributed by atoms with Crippen LogP contribution in [-0.2, 0) is 0 Å². The molecular weight excluding hydrogens is 256 g/mol. The number of carbonyl (C=O) groups excluding carboxylic acids is 1. The molecule has 0 saturated heterocycles. The Hall–Kier alpha value is -2.20. The molecule has 0 aromatic heterocycles. The van der Waals surface area contributed by atoms with Crippen molar-refractivity contribution in [2.75, 3.05) is 5.32 Å². The molecule has 0 atom stereocenters. The zero-order chi connectivity index (χ0) is 13.7. The quantitative estimate of drug-likeness (QED) is 0.824. The van der Waals surface area contributed by atoms with Crippen molar-refractivity contribution in [2.24, 2.45) is 0 Å². The summed E-state index contributed by atoms with van der Waals surface area (Å²) in [7, 11) is 0. The van der Waals surface area contributed by atoms with Crippen LogP contribution >= 0.6 is 12.2 Å². The highest BCUT2D eigenvalue weighted by Gasteiger charge is 2.07. The SMILES string of the molecule is Cc1ccccc1NC(=S)NC(=O)c1ccccc1. The lowest BCUT2D eigenvalue weighted by atomic mass is 10.2. The van der Waals surface area contributed by atoms with Crippen molar-refractivity contribution in [1.82, 2.24) is 5.32 Å². The van der Waals surface area contributed by atoms with Crippen molar-refractivity contribution in [2.45, 2.75) is 6.92 Å². The molecule has 0 radical (unpaired) electrons. The molecule has 0 fully saturated rings. The second kappa shape index (κ2) is 6.11. The standard InChI is InChI=1S/C15H14N2OS/c1-11-7-5-6-10-13(11)16-15(19)17-14(18)12-8-3-2-4-9-12/h2-10H,1H3,(H2,16,17,18,19). The summed E-state index contributed by atoms with van der Waals surface area (Å²) in [5.74, 6) is -0.216. The number of amides is 1. The van der Waals surface area contributed by atoms with Crippen LogP contribution in [0.25, 0.3) is 0 Å². The van der Waals surface area contributed by atoms with E-state index in [0.29, 0.717) is 10.7 Å². The first-order chi connectivity index (χ1) is 9.16. The lowest BCUT2D eigenvalue weighted by molar-refractivity contribution is 0.0978. The van der Waals surface area contributed by atoms with E-state index < -0.39 is 0 Å². The second-order valence-corrected chi connectivity index (χ2v) is 4.50. The Labute approximate surface area is 117 Å². The maximum Gasteiger partial charge on any atom is 0.257 e. The van der Waals surface area contributed by atoms with Crippen LogP contribution in [0, 0.1) is 6.92 Å². The number of aryl methyl sites for hydroxylation is 1. The fourth-order valence-electron chi connectivity index (χ4n) is 1.63. The minimum Gasteiger partial charge on any atom is -0.332 e. The van der Waals surface area contributed by atoms with Gasteiger partial charge in [-0.15, -0.1) is 0 Å². The smallest absolute Gasteiger partial charge is 0.257 e. The molecule has 2 N–H and O–H groups in total. The molecule has 96 valence electrons. The molecule has 0 saturated carbocycles. The molecule has 2 rings (SSSR count). The maximum absolute atomic E-state index is 11.9. The van der Waals surface area contributed by atoms with Crippen molar-refractivity contribution >= 4 is 28.9 Å². The van der Waals surface area contributed by atoms with Gasteiger partial charge in [0.1, 0.15) is 0 Å². The molecule has 2 aromatic carbocycles. The predicted molar refractivity (Wildman–Crippen MR) is 81.3 cm³/mol. The highest BCUT2D eigenvalue weighted by molar-refractivity contribution is 7.80. The van der Waals surface area contributed by atoms with Crippen LogP contribution in [0.5, 0.6) is 0 Å². The lowest BCUT2D eigenvalue weighted by Crippen LogP contribution is -2.34. The maximum atomic E-state index is 11.9. The fraction of sp³-hybridized carbons (Fsp3) is 0.0667. The highest BCUT2D eigenvalue weighted by Crippen LogP contribution is 2.12. The van der Waals surface area contributed by atoms with Crippen LogP contribution in [0.3, 0.4) is 0 Å². The van der Waals surface area contributed by atoms with E-state index in [1.807, 2.05) is 49.4 Å². The third-order valence-corrected chi connectivity index (χ3v) is 2.86. The van der Waals surface area contributed by atoms with Crippen molar-refractivity contribution in [3.05, 3.63) is 65.7 Å². The number of anilines is 1.